The first-order valence-electron chi connectivity index (χ1n) is 42.9. The van der Waals surface area contributed by atoms with E-state index in [1.54, 1.807) is 37.2 Å². The second-order valence-corrected chi connectivity index (χ2v) is 32.6. The Hall–Kier alpha value is -16.8. The van der Waals surface area contributed by atoms with Crippen molar-refractivity contribution in [3.8, 4) is 89.0 Å². The second kappa shape index (κ2) is 30.7. The minimum atomic E-state index is 0.939. The Morgan fingerprint density at radius 3 is 0.714 bits per heavy atom. The third-order valence-corrected chi connectivity index (χ3v) is 25.6. The van der Waals surface area contributed by atoms with E-state index in [0.717, 1.165) is 65.4 Å². The summed E-state index contributed by atoms with van der Waals surface area (Å²) in [6.07, 6.45) is 10.7. The molecule has 3 aromatic heterocycles. The van der Waals surface area contributed by atoms with Gasteiger partial charge in [-0.05, 0) is 241 Å². The van der Waals surface area contributed by atoms with Crippen LogP contribution in [0.25, 0.3) is 251 Å². The zero-order chi connectivity index (χ0) is 83.1. The molecule has 0 bridgehead atoms. The molecule has 0 aliphatic carbocycles. The average molecular weight is 1600 g/mol. The van der Waals surface area contributed by atoms with Gasteiger partial charge in [0.25, 0.3) is 0 Å². The summed E-state index contributed by atoms with van der Waals surface area (Å²) >= 11 is 0. The summed E-state index contributed by atoms with van der Waals surface area (Å²) in [6.45, 7) is 0. The fraction of sp³-hybridized carbons (Fsp3) is 0. The second-order valence-electron chi connectivity index (χ2n) is 32.6. The largest absolute Gasteiger partial charge is 0.252 e. The molecule has 0 unspecified atom stereocenters. The first-order chi connectivity index (χ1) is 62.5. The van der Waals surface area contributed by atoms with Crippen molar-refractivity contribution in [2.24, 2.45) is 0 Å². The van der Waals surface area contributed by atoms with Crippen LogP contribution in [-0.4, -0.2) is 29.9 Å². The topological polar surface area (TPSA) is 77.3 Å². The van der Waals surface area contributed by atoms with Crippen molar-refractivity contribution in [3.63, 3.8) is 0 Å². The van der Waals surface area contributed by atoms with E-state index in [2.05, 4.69) is 413 Å². The van der Waals surface area contributed by atoms with Gasteiger partial charge >= 0.3 is 0 Å². The van der Waals surface area contributed by atoms with E-state index in [4.69, 9.17) is 29.9 Å². The van der Waals surface area contributed by atoms with Crippen molar-refractivity contribution in [2.45, 2.75) is 0 Å². The van der Waals surface area contributed by atoms with Gasteiger partial charge in [-0.2, -0.15) is 0 Å². The van der Waals surface area contributed by atoms with Gasteiger partial charge in [-0.15, -0.1) is 0 Å². The van der Waals surface area contributed by atoms with Crippen LogP contribution in [0.5, 0.6) is 0 Å². The number of nitrogens with zero attached hydrogens (tertiary/aromatic N) is 6. The van der Waals surface area contributed by atoms with E-state index in [-0.39, 0.29) is 0 Å². The number of aromatic nitrogens is 6. The molecule has 0 aliphatic heterocycles. The van der Waals surface area contributed by atoms with Gasteiger partial charge in [0.1, 0.15) is 0 Å². The van der Waals surface area contributed by atoms with Gasteiger partial charge in [0.15, 0.2) is 0 Å². The van der Waals surface area contributed by atoms with Crippen LogP contribution < -0.4 is 0 Å². The molecule has 6 nitrogen and oxygen atoms in total. The standard InChI is InChI=1S/C42H26N2.C40H24N2.C38H24N2/c1-2-14-33-32(9-1)26-39(36-17-4-3-15-34(33)36)31-13-8-12-29(24-31)27-10-7-11-28(23-27)30-19-20-37-35-16-5-6-18-38(35)41-42(40(37)25-30)44-22-21-43-41;1-2-9-31-29(7-1)30-8-3-4-11-33(30)37-23-27(17-19-34(31)37)25-13-15-26(16-14-25)28-18-20-35-32-10-5-6-12-36(32)39-40(38(35)24-28)42-22-21-41-39;1-2-14-31-25(8-1)9-7-17-32(31)30-13-6-12-28(23-30)26-10-5-11-27(22-26)29-18-19-34-33-15-3-4-16-35(33)37-38(36(34)24-29)40-21-20-39-37/h1-26H;1-24H;1-24H. The van der Waals surface area contributed by atoms with Gasteiger partial charge in [-0.1, -0.05) is 358 Å². The van der Waals surface area contributed by atoms with Crippen molar-refractivity contribution in [1.82, 2.24) is 29.9 Å². The molecule has 6 heteroatoms. The van der Waals surface area contributed by atoms with Crippen LogP contribution in [0.2, 0.25) is 0 Å². The van der Waals surface area contributed by atoms with Crippen molar-refractivity contribution >= 4 is 162 Å². The first kappa shape index (κ1) is 73.1. The quantitative estimate of drug-likeness (QED) is 0.141. The van der Waals surface area contributed by atoms with E-state index in [1.165, 1.54) is 186 Å². The molecule has 0 saturated heterocycles. The lowest BCUT2D eigenvalue weighted by Crippen LogP contribution is -1.89. The molecular weight excluding hydrogens is 1530 g/mol. The summed E-state index contributed by atoms with van der Waals surface area (Å²) in [4.78, 5) is 28.4. The fourth-order valence-electron chi connectivity index (χ4n) is 19.6. The summed E-state index contributed by atoms with van der Waals surface area (Å²) in [5.74, 6) is 0. The lowest BCUT2D eigenvalue weighted by atomic mass is 9.91. The summed E-state index contributed by atoms with van der Waals surface area (Å²) in [5.41, 5.74) is 24.9. The van der Waals surface area contributed by atoms with Crippen LogP contribution in [0.1, 0.15) is 0 Å². The van der Waals surface area contributed by atoms with Gasteiger partial charge in [0, 0.05) is 69.5 Å². The van der Waals surface area contributed by atoms with Crippen LogP contribution in [0.15, 0.2) is 450 Å². The number of hydrogen-bond donors (Lipinski definition) is 0. The molecule has 0 amide bonds. The maximum atomic E-state index is 4.78. The minimum absolute atomic E-state index is 0.939. The highest BCUT2D eigenvalue weighted by Crippen LogP contribution is 2.45. The molecular formula is C120H74N6. The van der Waals surface area contributed by atoms with Crippen molar-refractivity contribution in [1.29, 1.82) is 0 Å². The van der Waals surface area contributed by atoms with Crippen LogP contribution in [0.4, 0.5) is 0 Å². The van der Waals surface area contributed by atoms with Crippen LogP contribution in [-0.2, 0) is 0 Å². The summed E-state index contributed by atoms with van der Waals surface area (Å²) in [6, 6.07) is 149. The van der Waals surface area contributed by atoms with Gasteiger partial charge in [0.2, 0.25) is 0 Å². The maximum absolute atomic E-state index is 4.78. The molecule has 0 spiro atoms. The molecule has 0 atom stereocenters. The Morgan fingerprint density at radius 1 is 0.103 bits per heavy atom. The van der Waals surface area contributed by atoms with Crippen LogP contribution in [0, 0.1) is 0 Å². The van der Waals surface area contributed by atoms with Gasteiger partial charge in [-0.3, -0.25) is 29.9 Å². The zero-order valence-electron chi connectivity index (χ0n) is 68.4. The SMILES string of the molecule is c1cc(-c2cccc(-c3cc4ccccc4c4ccccc34)c2)cc(-c2ccc3c4ccccc4c4nccnc4c3c2)c1.c1cc(-c2cccc(-c3cccc4ccccc34)c2)cc(-c2ccc3c4ccccc4c4nccnc4c3c2)c1.c1ccc2c(c1)c1ccccc1c1cc(-c3ccc(-c4ccc5c6ccccc6c6nccnc6c5c4)cc3)ccc21. The maximum Gasteiger partial charge on any atom is 0.0971 e. The molecule has 126 heavy (non-hydrogen) atoms. The predicted octanol–water partition coefficient (Wildman–Crippen LogP) is 32.1. The predicted molar refractivity (Wildman–Crippen MR) is 532 cm³/mol. The Bertz CT molecular complexity index is 8620. The average Bonchev–Trinajstić information content (AvgIpc) is 0.749. The van der Waals surface area contributed by atoms with Crippen molar-refractivity contribution in [2.75, 3.05) is 0 Å². The Labute approximate surface area is 726 Å². The first-order valence-corrected chi connectivity index (χ1v) is 42.9. The monoisotopic (exact) mass is 1600 g/mol. The van der Waals surface area contributed by atoms with E-state index in [0.29, 0.717) is 0 Å². The molecule has 3 heterocycles. The number of hydrogen-bond acceptors (Lipinski definition) is 6. The van der Waals surface area contributed by atoms with Crippen LogP contribution in [0.3, 0.4) is 0 Å². The Balaban J connectivity index is 0.000000106. The molecule has 0 N–H and O–H groups in total. The van der Waals surface area contributed by atoms with Crippen molar-refractivity contribution < 1.29 is 0 Å². The van der Waals surface area contributed by atoms with Gasteiger partial charge in [-0.25, -0.2) is 0 Å². The molecule has 0 saturated carbocycles. The number of benzene rings is 23. The van der Waals surface area contributed by atoms with E-state index in [1.807, 2.05) is 0 Å². The third-order valence-electron chi connectivity index (χ3n) is 25.6. The molecule has 0 radical (unpaired) electrons. The van der Waals surface area contributed by atoms with Gasteiger partial charge in [0.05, 0.1) is 33.1 Å². The highest BCUT2D eigenvalue weighted by Gasteiger charge is 2.19. The smallest absolute Gasteiger partial charge is 0.0971 e. The molecule has 584 valence electrons. The molecule has 26 aromatic rings. The van der Waals surface area contributed by atoms with E-state index in [9.17, 15) is 0 Å². The zero-order valence-corrected chi connectivity index (χ0v) is 68.4. The summed E-state index contributed by atoms with van der Waals surface area (Å²) < 4.78 is 0. The fourth-order valence-corrected chi connectivity index (χ4v) is 19.6. The molecule has 23 aromatic carbocycles. The lowest BCUT2D eigenvalue weighted by molar-refractivity contribution is 1.31. The highest BCUT2D eigenvalue weighted by molar-refractivity contribution is 6.28. The van der Waals surface area contributed by atoms with E-state index < -0.39 is 0 Å². The van der Waals surface area contributed by atoms with E-state index >= 15 is 0 Å². The minimum Gasteiger partial charge on any atom is -0.252 e. The number of rotatable bonds is 8. The molecule has 0 fully saturated rings. The normalized spacial score (nSPS) is 11.7. The van der Waals surface area contributed by atoms with Crippen molar-refractivity contribution in [3.05, 3.63) is 450 Å². The molecule has 26 rings (SSSR count). The summed E-state index contributed by atoms with van der Waals surface area (Å²) in [7, 11) is 0. The highest BCUT2D eigenvalue weighted by atomic mass is 14.8. The summed E-state index contributed by atoms with van der Waals surface area (Å²) in [5, 5.41) is 29.4. The number of fused-ring (bicyclic) bond motifs is 28. The molecule has 0 aliphatic rings. The lowest BCUT2D eigenvalue weighted by Gasteiger charge is -2.13. The van der Waals surface area contributed by atoms with Gasteiger partial charge < -0.3 is 0 Å². The third kappa shape index (κ3) is 12.7. The van der Waals surface area contributed by atoms with Crippen LogP contribution >= 0.6 is 0 Å². The Kier molecular flexibility index (Phi) is 17.8. The Morgan fingerprint density at radius 2 is 0.325 bits per heavy atom.